The van der Waals surface area contributed by atoms with Crippen LogP contribution in [0.15, 0.2) is 70.2 Å². The van der Waals surface area contributed by atoms with Gasteiger partial charge in [-0.15, -0.1) is 0 Å². The number of phenolic OH excluding ortho intramolecular Hbond substituents is 1. The van der Waals surface area contributed by atoms with E-state index in [2.05, 4.69) is 0 Å². The van der Waals surface area contributed by atoms with Gasteiger partial charge in [-0.05, 0) is 86.1 Å². The van der Waals surface area contributed by atoms with Crippen molar-refractivity contribution in [3.05, 3.63) is 87.5 Å². The second kappa shape index (κ2) is 12.6. The number of Topliss-reactive ketones (excluding diaryl/α,β-unsaturated/α-hetero) is 1. The Kier molecular flexibility index (Phi) is 9.66. The highest BCUT2D eigenvalue weighted by Crippen LogP contribution is 2.38. The van der Waals surface area contributed by atoms with Crippen molar-refractivity contribution in [1.82, 2.24) is 9.80 Å². The molecule has 0 amide bonds. The Balaban J connectivity index is 2.36. The van der Waals surface area contributed by atoms with Crippen LogP contribution in [-0.2, 0) is 31.0 Å². The number of ketones is 1. The Hall–Kier alpha value is -4.10. The van der Waals surface area contributed by atoms with Crippen LogP contribution in [0.5, 0.6) is 5.75 Å². The van der Waals surface area contributed by atoms with Gasteiger partial charge in [-0.25, -0.2) is 0 Å². The first-order valence-corrected chi connectivity index (χ1v) is 13.9. The van der Waals surface area contributed by atoms with Crippen molar-refractivity contribution < 1.29 is 42.7 Å². The van der Waals surface area contributed by atoms with Crippen molar-refractivity contribution in [1.29, 1.82) is 0 Å². The summed E-state index contributed by atoms with van der Waals surface area (Å²) in [5, 5.41) is 29.1. The van der Waals surface area contributed by atoms with E-state index in [9.17, 15) is 32.5 Å². The van der Waals surface area contributed by atoms with Gasteiger partial charge in [0.25, 0.3) is 10.1 Å². The standard InChI is InChI=1S/C29H32N2O9S/c1-17-9-19(11-21(28(17)36)13-30(3)15-25(32)33)27(23-7-5-6-8-24(23)41(38,39)40)20-10-18(2)29(37)22(12-20)14-31(4)16-26(34)35/h5-12,36H,13-16H2,1-4H3,(H,32,33)(H,34,35)(H,38,39,40)/b27-20+. The lowest BCUT2D eigenvalue weighted by atomic mass is 9.85. The zero-order valence-electron chi connectivity index (χ0n) is 23.1. The fraction of sp³-hybridized carbons (Fsp3) is 0.276. The van der Waals surface area contributed by atoms with Gasteiger partial charge in [0.15, 0.2) is 5.78 Å². The Morgan fingerprint density at radius 2 is 1.49 bits per heavy atom. The predicted octanol–water partition coefficient (Wildman–Crippen LogP) is 2.74. The molecule has 4 N–H and O–H groups in total. The number of carboxylic acids is 2. The summed E-state index contributed by atoms with van der Waals surface area (Å²) < 4.78 is 34.9. The number of allylic oxidation sites excluding steroid dienone is 4. The largest absolute Gasteiger partial charge is 0.507 e. The minimum Gasteiger partial charge on any atom is -0.507 e. The molecule has 0 spiro atoms. The first-order valence-electron chi connectivity index (χ1n) is 12.5. The third kappa shape index (κ3) is 7.76. The van der Waals surface area contributed by atoms with Gasteiger partial charge >= 0.3 is 11.9 Å². The summed E-state index contributed by atoms with van der Waals surface area (Å²) in [5.74, 6) is -2.48. The van der Waals surface area contributed by atoms with Gasteiger partial charge in [-0.2, -0.15) is 8.42 Å². The van der Waals surface area contributed by atoms with E-state index >= 15 is 0 Å². The molecule has 0 atom stereocenters. The Labute approximate surface area is 238 Å². The number of aromatic hydroxyl groups is 1. The van der Waals surface area contributed by atoms with Crippen LogP contribution in [0.25, 0.3) is 5.57 Å². The number of aryl methyl sites for hydroxylation is 1. The molecule has 0 unspecified atom stereocenters. The van der Waals surface area contributed by atoms with E-state index in [1.807, 2.05) is 0 Å². The molecule has 0 saturated carbocycles. The molecular formula is C29H32N2O9S. The minimum atomic E-state index is -4.70. The van der Waals surface area contributed by atoms with Crippen molar-refractivity contribution in [3.8, 4) is 5.75 Å². The minimum absolute atomic E-state index is 0.00682. The van der Waals surface area contributed by atoms with E-state index in [1.54, 1.807) is 58.3 Å². The molecule has 0 radical (unpaired) electrons. The average molecular weight is 585 g/mol. The molecule has 0 saturated heterocycles. The molecule has 41 heavy (non-hydrogen) atoms. The monoisotopic (exact) mass is 584 g/mol. The summed E-state index contributed by atoms with van der Waals surface area (Å²) in [4.78, 5) is 38.0. The summed E-state index contributed by atoms with van der Waals surface area (Å²) in [6.45, 7) is 2.70. The molecule has 2 aromatic carbocycles. The summed E-state index contributed by atoms with van der Waals surface area (Å²) in [7, 11) is -1.57. The first-order chi connectivity index (χ1) is 19.1. The fourth-order valence-electron chi connectivity index (χ4n) is 4.76. The summed E-state index contributed by atoms with van der Waals surface area (Å²) in [6, 6.07) is 9.03. The second-order valence-electron chi connectivity index (χ2n) is 10.1. The van der Waals surface area contributed by atoms with Gasteiger partial charge in [-0.3, -0.25) is 28.7 Å². The number of carbonyl (C=O) groups excluding carboxylic acids is 1. The predicted molar refractivity (Wildman–Crippen MR) is 151 cm³/mol. The number of hydrogen-bond acceptors (Lipinski definition) is 8. The van der Waals surface area contributed by atoms with Crippen LogP contribution in [-0.4, -0.2) is 89.5 Å². The van der Waals surface area contributed by atoms with E-state index in [4.69, 9.17) is 10.2 Å². The maximum Gasteiger partial charge on any atom is 0.317 e. The summed E-state index contributed by atoms with van der Waals surface area (Å²) >= 11 is 0. The van der Waals surface area contributed by atoms with Crippen molar-refractivity contribution in [2.24, 2.45) is 0 Å². The Morgan fingerprint density at radius 1 is 0.902 bits per heavy atom. The SMILES string of the molecule is CC1=C/C(=C(/c2cc(C)c(O)c(CN(C)CC(=O)O)c2)c2ccccc2S(=O)(=O)O)C=C(CN(C)CC(=O)O)C1=O. The summed E-state index contributed by atoms with van der Waals surface area (Å²) in [5.41, 5.74) is 2.75. The topological polar surface area (TPSA) is 173 Å². The smallest absolute Gasteiger partial charge is 0.317 e. The number of rotatable bonds is 11. The zero-order chi connectivity index (χ0) is 30.6. The maximum atomic E-state index is 13.0. The van der Waals surface area contributed by atoms with Crippen molar-refractivity contribution in [2.75, 3.05) is 33.7 Å². The zero-order valence-corrected chi connectivity index (χ0v) is 23.9. The third-order valence-electron chi connectivity index (χ3n) is 6.43. The molecule has 2 aromatic rings. The average Bonchev–Trinajstić information content (AvgIpc) is 2.84. The third-order valence-corrected chi connectivity index (χ3v) is 7.35. The highest BCUT2D eigenvalue weighted by molar-refractivity contribution is 7.86. The number of carbonyl (C=O) groups is 3. The van der Waals surface area contributed by atoms with Crippen LogP contribution < -0.4 is 0 Å². The van der Waals surface area contributed by atoms with Gasteiger partial charge in [0.05, 0.1) is 13.1 Å². The first kappa shape index (κ1) is 31.4. The summed E-state index contributed by atoms with van der Waals surface area (Å²) in [6.07, 6.45) is 3.14. The van der Waals surface area contributed by atoms with Crippen LogP contribution in [0.3, 0.4) is 0 Å². The number of hydrogen-bond donors (Lipinski definition) is 4. The fourth-order valence-corrected chi connectivity index (χ4v) is 5.46. The molecule has 0 aliphatic heterocycles. The van der Waals surface area contributed by atoms with Gasteiger partial charge < -0.3 is 15.3 Å². The number of benzene rings is 2. The molecule has 218 valence electrons. The van der Waals surface area contributed by atoms with Crippen molar-refractivity contribution in [2.45, 2.75) is 25.3 Å². The van der Waals surface area contributed by atoms with Crippen LogP contribution in [0.2, 0.25) is 0 Å². The Morgan fingerprint density at radius 3 is 2.07 bits per heavy atom. The molecule has 0 fully saturated rings. The lowest BCUT2D eigenvalue weighted by Crippen LogP contribution is -2.30. The highest BCUT2D eigenvalue weighted by atomic mass is 32.2. The molecule has 0 bridgehead atoms. The molecule has 0 heterocycles. The highest BCUT2D eigenvalue weighted by Gasteiger charge is 2.26. The molecular weight excluding hydrogens is 552 g/mol. The molecule has 11 nitrogen and oxygen atoms in total. The number of phenols is 1. The van der Waals surface area contributed by atoms with E-state index in [0.717, 1.165) is 0 Å². The maximum absolute atomic E-state index is 13.0. The number of nitrogens with zero attached hydrogens (tertiary/aromatic N) is 2. The quantitative estimate of drug-likeness (QED) is 0.286. The van der Waals surface area contributed by atoms with Crippen molar-refractivity contribution >= 4 is 33.4 Å². The van der Waals surface area contributed by atoms with Crippen LogP contribution in [0.4, 0.5) is 0 Å². The number of aliphatic carboxylic acids is 2. The molecule has 1 aliphatic rings. The Bertz CT molecular complexity index is 1600. The van der Waals surface area contributed by atoms with Crippen molar-refractivity contribution in [3.63, 3.8) is 0 Å². The van der Waals surface area contributed by atoms with Gasteiger partial charge in [0, 0.05) is 29.8 Å². The molecule has 12 heteroatoms. The van der Waals surface area contributed by atoms with E-state index in [1.165, 1.54) is 28.0 Å². The molecule has 0 aromatic heterocycles. The number of carboxylic acid groups (broad SMARTS) is 2. The van der Waals surface area contributed by atoms with Gasteiger partial charge in [-0.1, -0.05) is 18.2 Å². The number of likely N-dealkylation sites (N-methyl/N-ethyl adjacent to an activating group) is 2. The van der Waals surface area contributed by atoms with Gasteiger partial charge in [0.2, 0.25) is 0 Å². The van der Waals surface area contributed by atoms with E-state index < -0.39 is 22.1 Å². The van der Waals surface area contributed by atoms with Crippen LogP contribution >= 0.6 is 0 Å². The van der Waals surface area contributed by atoms with Crippen LogP contribution in [0, 0.1) is 6.92 Å². The normalized spacial score (nSPS) is 15.1. The van der Waals surface area contributed by atoms with E-state index in [-0.39, 0.29) is 53.7 Å². The lowest BCUT2D eigenvalue weighted by molar-refractivity contribution is -0.139. The molecule has 1 aliphatic carbocycles. The van der Waals surface area contributed by atoms with E-state index in [0.29, 0.717) is 33.4 Å². The lowest BCUT2D eigenvalue weighted by Gasteiger charge is -2.23. The molecule has 3 rings (SSSR count). The van der Waals surface area contributed by atoms with Crippen LogP contribution in [0.1, 0.15) is 29.2 Å². The second-order valence-corrected chi connectivity index (χ2v) is 11.5. The van der Waals surface area contributed by atoms with Gasteiger partial charge in [0.1, 0.15) is 10.6 Å².